The maximum atomic E-state index is 13.3. The van der Waals surface area contributed by atoms with Gasteiger partial charge >= 0.3 is 0 Å². The number of ether oxygens (including phenoxy) is 2. The van der Waals surface area contributed by atoms with Gasteiger partial charge < -0.3 is 9.47 Å². The molecule has 0 spiro atoms. The molecule has 1 fully saturated rings. The van der Waals surface area contributed by atoms with E-state index in [-0.39, 0.29) is 18.3 Å². The second-order valence-electron chi connectivity index (χ2n) is 7.37. The van der Waals surface area contributed by atoms with Crippen LogP contribution >= 0.6 is 23.7 Å². The van der Waals surface area contributed by atoms with Gasteiger partial charge in [0.1, 0.15) is 5.75 Å². The highest BCUT2D eigenvalue weighted by atomic mass is 35.5. The van der Waals surface area contributed by atoms with Crippen LogP contribution in [0.4, 0.5) is 5.13 Å². The van der Waals surface area contributed by atoms with Crippen molar-refractivity contribution >= 4 is 34.8 Å². The van der Waals surface area contributed by atoms with Crippen molar-refractivity contribution in [2.45, 2.75) is 6.42 Å². The van der Waals surface area contributed by atoms with E-state index in [9.17, 15) is 4.79 Å². The number of morpholine rings is 1. The Kier molecular flexibility index (Phi) is 9.05. The Balaban J connectivity index is 0.00000289. The Bertz CT molecular complexity index is 976. The van der Waals surface area contributed by atoms with Crippen LogP contribution in [0.3, 0.4) is 0 Å². The van der Waals surface area contributed by atoms with Crippen LogP contribution < -0.4 is 9.64 Å². The molecule has 1 aliphatic rings. The van der Waals surface area contributed by atoms with Crippen molar-refractivity contribution in [3.63, 3.8) is 0 Å². The maximum absolute atomic E-state index is 13.3. The fraction of sp³-hybridized carbons (Fsp3) is 0.333. The fourth-order valence-corrected chi connectivity index (χ4v) is 4.44. The third kappa shape index (κ3) is 6.07. The lowest BCUT2D eigenvalue weighted by Gasteiger charge is -2.27. The van der Waals surface area contributed by atoms with E-state index >= 15 is 0 Å². The summed E-state index contributed by atoms with van der Waals surface area (Å²) in [7, 11) is 1.65. The summed E-state index contributed by atoms with van der Waals surface area (Å²) in [5.74, 6) is 0.793. The predicted octanol–water partition coefficient (Wildman–Crippen LogP) is 4.61. The number of thiazole rings is 1. The minimum absolute atomic E-state index is 0. The van der Waals surface area contributed by atoms with Crippen LogP contribution in [0.2, 0.25) is 0 Å². The van der Waals surface area contributed by atoms with Crippen LogP contribution in [0.1, 0.15) is 16.8 Å². The van der Waals surface area contributed by atoms with Crippen LogP contribution in [0.25, 0.3) is 11.3 Å². The number of hydrogen-bond acceptors (Lipinski definition) is 6. The topological polar surface area (TPSA) is 54.9 Å². The first-order chi connectivity index (χ1) is 15.2. The van der Waals surface area contributed by atoms with Gasteiger partial charge in [-0.3, -0.25) is 14.6 Å². The third-order valence-corrected chi connectivity index (χ3v) is 6.20. The molecule has 1 amide bonds. The number of halogens is 1. The molecule has 0 radical (unpaired) electrons. The molecule has 6 nitrogen and oxygen atoms in total. The molecule has 32 heavy (non-hydrogen) atoms. The van der Waals surface area contributed by atoms with E-state index in [1.165, 1.54) is 11.3 Å². The second-order valence-corrected chi connectivity index (χ2v) is 8.21. The number of benzene rings is 2. The summed E-state index contributed by atoms with van der Waals surface area (Å²) in [5.41, 5.74) is 2.54. The van der Waals surface area contributed by atoms with Gasteiger partial charge in [-0.05, 0) is 42.8 Å². The molecular formula is C24H28ClN3O3S. The van der Waals surface area contributed by atoms with Gasteiger partial charge in [-0.2, -0.15) is 0 Å². The number of nitrogens with zero attached hydrogens (tertiary/aromatic N) is 3. The molecule has 4 rings (SSSR count). The van der Waals surface area contributed by atoms with Crippen LogP contribution in [0.15, 0.2) is 60.0 Å². The minimum Gasteiger partial charge on any atom is -0.497 e. The monoisotopic (exact) mass is 473 g/mol. The summed E-state index contributed by atoms with van der Waals surface area (Å²) in [6, 6.07) is 17.2. The molecule has 3 aromatic rings. The molecule has 1 saturated heterocycles. The number of anilines is 1. The van der Waals surface area contributed by atoms with Gasteiger partial charge in [-0.15, -0.1) is 23.7 Å². The molecule has 0 atom stereocenters. The van der Waals surface area contributed by atoms with E-state index in [1.807, 2.05) is 64.9 Å². The average molecular weight is 474 g/mol. The standard InChI is InChI=1S/C24H27N3O3S.ClH/c1-29-21-10-8-19(9-11-21)22-18-31-24(25-22)27(23(28)20-6-3-2-4-7-20)13-5-12-26-14-16-30-17-15-26;/h2-4,6-11,18H,5,12-17H2,1H3;1H. The van der Waals surface area contributed by atoms with Crippen molar-refractivity contribution in [3.05, 3.63) is 65.5 Å². The highest BCUT2D eigenvalue weighted by Gasteiger charge is 2.21. The van der Waals surface area contributed by atoms with E-state index in [1.54, 1.807) is 7.11 Å². The summed E-state index contributed by atoms with van der Waals surface area (Å²) in [6.45, 7) is 5.03. The zero-order chi connectivity index (χ0) is 21.5. The Morgan fingerprint density at radius 3 is 2.53 bits per heavy atom. The third-order valence-electron chi connectivity index (χ3n) is 5.33. The lowest BCUT2D eigenvalue weighted by molar-refractivity contribution is 0.0376. The van der Waals surface area contributed by atoms with Gasteiger partial charge in [0.15, 0.2) is 5.13 Å². The lowest BCUT2D eigenvalue weighted by atomic mass is 10.2. The van der Waals surface area contributed by atoms with Crippen molar-refractivity contribution in [1.29, 1.82) is 0 Å². The van der Waals surface area contributed by atoms with Crippen molar-refractivity contribution in [1.82, 2.24) is 9.88 Å². The molecule has 0 saturated carbocycles. The number of carbonyl (C=O) groups excluding carboxylic acids is 1. The molecule has 0 aliphatic carbocycles. The van der Waals surface area contributed by atoms with Crippen LogP contribution in [0.5, 0.6) is 5.75 Å². The fourth-order valence-electron chi connectivity index (χ4n) is 3.58. The molecule has 0 unspecified atom stereocenters. The van der Waals surface area contributed by atoms with E-state index in [2.05, 4.69) is 4.90 Å². The van der Waals surface area contributed by atoms with Gasteiger partial charge in [-0.1, -0.05) is 18.2 Å². The van der Waals surface area contributed by atoms with Gasteiger partial charge in [-0.25, -0.2) is 4.98 Å². The zero-order valence-corrected chi connectivity index (χ0v) is 19.7. The first-order valence-corrected chi connectivity index (χ1v) is 11.4. The SMILES string of the molecule is COc1ccc(-c2csc(N(CCCN3CCOCC3)C(=O)c3ccccc3)n2)cc1.Cl. The molecule has 8 heteroatoms. The number of aromatic nitrogens is 1. The second kappa shape index (κ2) is 12.0. The largest absolute Gasteiger partial charge is 0.497 e. The Hall–Kier alpha value is -2.45. The van der Waals surface area contributed by atoms with Gasteiger partial charge in [0, 0.05) is 42.7 Å². The Morgan fingerprint density at radius 2 is 1.84 bits per heavy atom. The first-order valence-electron chi connectivity index (χ1n) is 10.5. The van der Waals surface area contributed by atoms with E-state index < -0.39 is 0 Å². The highest BCUT2D eigenvalue weighted by Crippen LogP contribution is 2.29. The van der Waals surface area contributed by atoms with Crippen molar-refractivity contribution in [3.8, 4) is 17.0 Å². The summed E-state index contributed by atoms with van der Waals surface area (Å²) < 4.78 is 10.7. The average Bonchev–Trinajstić information content (AvgIpc) is 3.33. The molecule has 0 N–H and O–H groups in total. The number of amides is 1. The Labute approximate surface area is 199 Å². The number of methoxy groups -OCH3 is 1. The van der Waals surface area contributed by atoms with Crippen LogP contribution in [0, 0.1) is 0 Å². The molecule has 1 aliphatic heterocycles. The van der Waals surface area contributed by atoms with Gasteiger partial charge in [0.05, 0.1) is 26.0 Å². The number of hydrogen-bond donors (Lipinski definition) is 0. The van der Waals surface area contributed by atoms with Crippen molar-refractivity contribution in [2.75, 3.05) is 51.4 Å². The zero-order valence-electron chi connectivity index (χ0n) is 18.1. The highest BCUT2D eigenvalue weighted by molar-refractivity contribution is 7.14. The Morgan fingerprint density at radius 1 is 1.12 bits per heavy atom. The summed E-state index contributed by atoms with van der Waals surface area (Å²) in [4.78, 5) is 22.3. The first kappa shape index (κ1) is 24.2. The number of rotatable bonds is 8. The number of carbonyl (C=O) groups is 1. The predicted molar refractivity (Wildman–Crippen MR) is 131 cm³/mol. The maximum Gasteiger partial charge on any atom is 0.260 e. The molecule has 170 valence electrons. The van der Waals surface area contributed by atoms with Crippen molar-refractivity contribution < 1.29 is 14.3 Å². The summed E-state index contributed by atoms with van der Waals surface area (Å²) in [6.07, 6.45) is 0.885. The summed E-state index contributed by atoms with van der Waals surface area (Å²) >= 11 is 1.50. The van der Waals surface area contributed by atoms with E-state index in [0.29, 0.717) is 12.1 Å². The van der Waals surface area contributed by atoms with Gasteiger partial charge in [0.2, 0.25) is 0 Å². The van der Waals surface area contributed by atoms with E-state index in [4.69, 9.17) is 14.5 Å². The quantitative estimate of drug-likeness (QED) is 0.478. The molecule has 2 aromatic carbocycles. The van der Waals surface area contributed by atoms with Crippen LogP contribution in [-0.4, -0.2) is 62.3 Å². The molecule has 2 heterocycles. The lowest BCUT2D eigenvalue weighted by Crippen LogP contribution is -2.39. The van der Waals surface area contributed by atoms with E-state index in [0.717, 1.165) is 61.4 Å². The van der Waals surface area contributed by atoms with Gasteiger partial charge in [0.25, 0.3) is 5.91 Å². The molecule has 1 aromatic heterocycles. The molecule has 0 bridgehead atoms. The van der Waals surface area contributed by atoms with Crippen LogP contribution in [-0.2, 0) is 4.74 Å². The smallest absolute Gasteiger partial charge is 0.260 e. The molecular weight excluding hydrogens is 446 g/mol. The minimum atomic E-state index is -0.0155. The summed E-state index contributed by atoms with van der Waals surface area (Å²) in [5, 5.41) is 2.73. The normalized spacial score (nSPS) is 13.9. The van der Waals surface area contributed by atoms with Crippen molar-refractivity contribution in [2.24, 2.45) is 0 Å².